The maximum Gasteiger partial charge on any atom is 0.147 e. The highest BCUT2D eigenvalue weighted by molar-refractivity contribution is 5.92. The number of ether oxygens (including phenoxy) is 1. The quantitative estimate of drug-likeness (QED) is 0.805. The van der Waals surface area contributed by atoms with Crippen molar-refractivity contribution in [2.24, 2.45) is 0 Å². The zero-order valence-corrected chi connectivity index (χ0v) is 9.84. The Labute approximate surface area is 99.6 Å². The van der Waals surface area contributed by atoms with Gasteiger partial charge in [-0.2, -0.15) is 0 Å². The number of nitrogens with zero attached hydrogens (tertiary/aromatic N) is 3. The molecule has 5 heteroatoms. The second-order valence-corrected chi connectivity index (χ2v) is 3.86. The summed E-state index contributed by atoms with van der Waals surface area (Å²) in [6.45, 7) is 2.61. The molecule has 1 atom stereocenters. The largest absolute Gasteiger partial charge is 0.383 e. The van der Waals surface area contributed by atoms with E-state index in [0.717, 1.165) is 11.0 Å². The van der Waals surface area contributed by atoms with Gasteiger partial charge < -0.3 is 15.0 Å². The maximum absolute atomic E-state index is 5.83. The number of anilines is 1. The molecule has 0 aromatic carbocycles. The van der Waals surface area contributed by atoms with Gasteiger partial charge in [0.1, 0.15) is 17.8 Å². The summed E-state index contributed by atoms with van der Waals surface area (Å²) in [5, 5.41) is 0.734. The molecule has 0 spiro atoms. The number of terminal acetylenes is 1. The molecule has 0 aliphatic rings. The molecular formula is C12H14N4O. The van der Waals surface area contributed by atoms with Crippen molar-refractivity contribution < 1.29 is 4.74 Å². The van der Waals surface area contributed by atoms with Crippen molar-refractivity contribution in [1.29, 1.82) is 0 Å². The third-order valence-corrected chi connectivity index (χ3v) is 2.68. The summed E-state index contributed by atoms with van der Waals surface area (Å²) in [5.74, 6) is 3.02. The van der Waals surface area contributed by atoms with E-state index in [2.05, 4.69) is 15.9 Å². The van der Waals surface area contributed by atoms with Crippen LogP contribution < -0.4 is 5.73 Å². The summed E-state index contributed by atoms with van der Waals surface area (Å²) in [6, 6.07) is 0.138. The van der Waals surface area contributed by atoms with Crippen molar-refractivity contribution in [3.63, 3.8) is 0 Å². The number of methoxy groups -OCH3 is 1. The minimum atomic E-state index is 0.138. The summed E-state index contributed by atoms with van der Waals surface area (Å²) < 4.78 is 7.10. The monoisotopic (exact) mass is 230 g/mol. The van der Waals surface area contributed by atoms with Crippen LogP contribution in [0.2, 0.25) is 0 Å². The molecule has 0 bridgehead atoms. The van der Waals surface area contributed by atoms with Crippen LogP contribution in [0.4, 0.5) is 5.82 Å². The standard InChI is InChI=1S/C12H14N4O/c1-4-9-5-16(8(2)6-17-3)12-10(9)11(13)14-7-15-12/h1,5,7-8H,6H2,2-3H3,(H2,13,14,15). The number of fused-ring (bicyclic) bond motifs is 1. The van der Waals surface area contributed by atoms with Crippen LogP contribution in [0, 0.1) is 12.3 Å². The molecule has 0 radical (unpaired) electrons. The number of nitrogens with two attached hydrogens (primary N) is 1. The number of hydrogen-bond acceptors (Lipinski definition) is 4. The molecule has 2 rings (SSSR count). The predicted molar refractivity (Wildman–Crippen MR) is 66.5 cm³/mol. The molecule has 0 saturated carbocycles. The Morgan fingerprint density at radius 1 is 1.59 bits per heavy atom. The summed E-state index contributed by atoms with van der Waals surface area (Å²) in [4.78, 5) is 8.20. The highest BCUT2D eigenvalue weighted by Crippen LogP contribution is 2.25. The second kappa shape index (κ2) is 4.44. The van der Waals surface area contributed by atoms with Crippen LogP contribution in [0.1, 0.15) is 18.5 Å². The van der Waals surface area contributed by atoms with E-state index in [0.29, 0.717) is 18.0 Å². The highest BCUT2D eigenvalue weighted by atomic mass is 16.5. The van der Waals surface area contributed by atoms with Crippen molar-refractivity contribution in [1.82, 2.24) is 14.5 Å². The molecule has 17 heavy (non-hydrogen) atoms. The molecule has 88 valence electrons. The molecule has 0 amide bonds. The molecular weight excluding hydrogens is 216 g/mol. The van der Waals surface area contributed by atoms with Gasteiger partial charge in [0.2, 0.25) is 0 Å². The SMILES string of the molecule is C#Cc1cn(C(C)COC)c2ncnc(N)c12. The predicted octanol–water partition coefficient (Wildman–Crippen LogP) is 1.20. The fourth-order valence-corrected chi connectivity index (χ4v) is 1.88. The molecule has 2 N–H and O–H groups in total. The van der Waals surface area contributed by atoms with Gasteiger partial charge in [0.15, 0.2) is 0 Å². The maximum atomic E-state index is 5.83. The zero-order valence-electron chi connectivity index (χ0n) is 9.84. The fourth-order valence-electron chi connectivity index (χ4n) is 1.88. The van der Waals surface area contributed by atoms with Gasteiger partial charge in [0.25, 0.3) is 0 Å². The Morgan fingerprint density at radius 2 is 2.35 bits per heavy atom. The Kier molecular flexibility index (Phi) is 2.98. The van der Waals surface area contributed by atoms with Crippen molar-refractivity contribution in [3.8, 4) is 12.3 Å². The number of hydrogen-bond donors (Lipinski definition) is 1. The summed E-state index contributed by atoms with van der Waals surface area (Å²) in [6.07, 6.45) is 8.77. The highest BCUT2D eigenvalue weighted by Gasteiger charge is 2.15. The third kappa shape index (κ3) is 1.83. The van der Waals surface area contributed by atoms with E-state index in [1.165, 1.54) is 6.33 Å². The molecule has 2 aromatic rings. The Balaban J connectivity index is 2.66. The molecule has 1 unspecified atom stereocenters. The van der Waals surface area contributed by atoms with Crippen molar-refractivity contribution in [2.75, 3.05) is 19.5 Å². The van der Waals surface area contributed by atoms with E-state index in [4.69, 9.17) is 16.9 Å². The summed E-state index contributed by atoms with van der Waals surface area (Å²) >= 11 is 0. The van der Waals surface area contributed by atoms with E-state index < -0.39 is 0 Å². The van der Waals surface area contributed by atoms with Gasteiger partial charge in [-0.15, -0.1) is 6.42 Å². The van der Waals surface area contributed by atoms with Gasteiger partial charge in [0.05, 0.1) is 23.6 Å². The van der Waals surface area contributed by atoms with Crippen molar-refractivity contribution >= 4 is 16.9 Å². The van der Waals surface area contributed by atoms with E-state index in [1.54, 1.807) is 7.11 Å². The van der Waals surface area contributed by atoms with Crippen LogP contribution in [0.15, 0.2) is 12.5 Å². The van der Waals surface area contributed by atoms with Crippen molar-refractivity contribution in [2.45, 2.75) is 13.0 Å². The van der Waals surface area contributed by atoms with E-state index in [-0.39, 0.29) is 6.04 Å². The minimum absolute atomic E-state index is 0.138. The Bertz CT molecular complexity index is 582. The number of rotatable bonds is 3. The molecule has 0 aliphatic carbocycles. The lowest BCUT2D eigenvalue weighted by molar-refractivity contribution is 0.163. The molecule has 0 saturated heterocycles. The van der Waals surface area contributed by atoms with Gasteiger partial charge in [-0.3, -0.25) is 0 Å². The van der Waals surface area contributed by atoms with Crippen LogP contribution in [-0.2, 0) is 4.74 Å². The average Bonchev–Trinajstić information content (AvgIpc) is 2.69. The van der Waals surface area contributed by atoms with Crippen LogP contribution in [-0.4, -0.2) is 28.3 Å². The van der Waals surface area contributed by atoms with Crippen LogP contribution >= 0.6 is 0 Å². The molecule has 0 fully saturated rings. The first kappa shape index (κ1) is 11.4. The van der Waals surface area contributed by atoms with Crippen molar-refractivity contribution in [3.05, 3.63) is 18.1 Å². The lowest BCUT2D eigenvalue weighted by Crippen LogP contribution is -2.10. The lowest BCUT2D eigenvalue weighted by Gasteiger charge is -2.13. The van der Waals surface area contributed by atoms with Crippen LogP contribution in [0.3, 0.4) is 0 Å². The first-order chi connectivity index (χ1) is 8.19. The van der Waals surface area contributed by atoms with Gasteiger partial charge in [-0.25, -0.2) is 9.97 Å². The average molecular weight is 230 g/mol. The molecule has 5 nitrogen and oxygen atoms in total. The third-order valence-electron chi connectivity index (χ3n) is 2.68. The normalized spacial score (nSPS) is 12.5. The van der Waals surface area contributed by atoms with Gasteiger partial charge in [-0.1, -0.05) is 5.92 Å². The topological polar surface area (TPSA) is 66.0 Å². The Morgan fingerprint density at radius 3 is 3.00 bits per heavy atom. The van der Waals surface area contributed by atoms with Gasteiger partial charge in [-0.05, 0) is 6.92 Å². The van der Waals surface area contributed by atoms with E-state index >= 15 is 0 Å². The number of nitrogen functional groups attached to an aromatic ring is 1. The number of aromatic nitrogens is 3. The summed E-state index contributed by atoms with van der Waals surface area (Å²) in [5.41, 5.74) is 7.28. The molecule has 0 aliphatic heterocycles. The minimum Gasteiger partial charge on any atom is -0.383 e. The first-order valence-electron chi connectivity index (χ1n) is 5.25. The van der Waals surface area contributed by atoms with E-state index in [9.17, 15) is 0 Å². The molecule has 2 heterocycles. The first-order valence-corrected chi connectivity index (χ1v) is 5.25. The lowest BCUT2D eigenvalue weighted by atomic mass is 10.2. The van der Waals surface area contributed by atoms with Gasteiger partial charge in [0, 0.05) is 13.3 Å². The molecule has 2 aromatic heterocycles. The second-order valence-electron chi connectivity index (χ2n) is 3.86. The Hall–Kier alpha value is -2.06. The van der Waals surface area contributed by atoms with Crippen LogP contribution in [0.5, 0.6) is 0 Å². The van der Waals surface area contributed by atoms with E-state index in [1.807, 2.05) is 17.7 Å². The smallest absolute Gasteiger partial charge is 0.147 e. The van der Waals surface area contributed by atoms with Crippen LogP contribution in [0.25, 0.3) is 11.0 Å². The fraction of sp³-hybridized carbons (Fsp3) is 0.333. The zero-order chi connectivity index (χ0) is 12.4. The van der Waals surface area contributed by atoms with Gasteiger partial charge >= 0.3 is 0 Å². The summed E-state index contributed by atoms with van der Waals surface area (Å²) in [7, 11) is 1.66.